The van der Waals surface area contributed by atoms with Crippen LogP contribution in [0.4, 0.5) is 0 Å². The smallest absolute Gasteiger partial charge is 0.261 e. The fourth-order valence-corrected chi connectivity index (χ4v) is 5.76. The zero-order valence-electron chi connectivity index (χ0n) is 19.3. The molecule has 1 aliphatic heterocycles. The molecular formula is C24H30N4O4S. The van der Waals surface area contributed by atoms with Gasteiger partial charge in [0.05, 0.1) is 29.0 Å². The molecule has 1 unspecified atom stereocenters. The maximum absolute atomic E-state index is 13.1. The summed E-state index contributed by atoms with van der Waals surface area (Å²) in [5.74, 6) is 1.35. The van der Waals surface area contributed by atoms with Crippen LogP contribution in [0, 0.1) is 0 Å². The van der Waals surface area contributed by atoms with E-state index in [2.05, 4.69) is 4.90 Å². The third kappa shape index (κ3) is 4.53. The Bertz CT molecular complexity index is 1280. The van der Waals surface area contributed by atoms with Crippen molar-refractivity contribution in [2.45, 2.75) is 37.8 Å². The van der Waals surface area contributed by atoms with Crippen LogP contribution < -0.4 is 10.3 Å². The molecule has 33 heavy (non-hydrogen) atoms. The predicted molar refractivity (Wildman–Crippen MR) is 128 cm³/mol. The molecule has 176 valence electrons. The van der Waals surface area contributed by atoms with Gasteiger partial charge in [-0.05, 0) is 49.7 Å². The Kier molecular flexibility index (Phi) is 6.83. The molecule has 0 saturated carbocycles. The molecule has 2 heterocycles. The monoisotopic (exact) mass is 470 g/mol. The normalized spacial score (nSPS) is 16.7. The van der Waals surface area contributed by atoms with Gasteiger partial charge >= 0.3 is 0 Å². The van der Waals surface area contributed by atoms with E-state index < -0.39 is 10.0 Å². The molecule has 9 heteroatoms. The minimum absolute atomic E-state index is 0.0231. The predicted octanol–water partition coefficient (Wildman–Crippen LogP) is 2.88. The van der Waals surface area contributed by atoms with Gasteiger partial charge in [-0.3, -0.25) is 14.3 Å². The van der Waals surface area contributed by atoms with E-state index in [9.17, 15) is 13.2 Å². The molecule has 2 aromatic carbocycles. The van der Waals surface area contributed by atoms with E-state index in [0.717, 1.165) is 12.2 Å². The number of fused-ring (bicyclic) bond motifs is 1. The summed E-state index contributed by atoms with van der Waals surface area (Å²) in [7, 11) is -2.02. The second-order valence-electron chi connectivity index (χ2n) is 8.24. The Morgan fingerprint density at radius 2 is 1.70 bits per heavy atom. The fourth-order valence-electron chi connectivity index (χ4n) is 4.34. The molecule has 0 N–H and O–H groups in total. The summed E-state index contributed by atoms with van der Waals surface area (Å²) in [5, 5.41) is 0.623. The molecule has 8 nitrogen and oxygen atoms in total. The molecule has 3 aromatic rings. The highest BCUT2D eigenvalue weighted by molar-refractivity contribution is 7.89. The second-order valence-corrected chi connectivity index (χ2v) is 10.2. The Morgan fingerprint density at radius 3 is 2.33 bits per heavy atom. The first kappa shape index (κ1) is 23.4. The van der Waals surface area contributed by atoms with Crippen molar-refractivity contribution in [2.75, 3.05) is 33.3 Å². The summed E-state index contributed by atoms with van der Waals surface area (Å²) in [6, 6.07) is 13.8. The Morgan fingerprint density at radius 1 is 1.03 bits per heavy atom. The Labute approximate surface area is 194 Å². The summed E-state index contributed by atoms with van der Waals surface area (Å²) in [6.07, 6.45) is 0.827. The third-order valence-electron chi connectivity index (χ3n) is 6.23. The lowest BCUT2D eigenvalue weighted by Crippen LogP contribution is -2.49. The molecule has 1 aromatic heterocycles. The van der Waals surface area contributed by atoms with Crippen molar-refractivity contribution < 1.29 is 13.2 Å². The minimum Gasteiger partial charge on any atom is -0.497 e. The zero-order valence-corrected chi connectivity index (χ0v) is 20.1. The van der Waals surface area contributed by atoms with Gasteiger partial charge in [0, 0.05) is 32.7 Å². The van der Waals surface area contributed by atoms with Crippen LogP contribution in [-0.4, -0.2) is 60.5 Å². The molecule has 1 atom stereocenters. The number of piperazine rings is 1. The van der Waals surface area contributed by atoms with Crippen molar-refractivity contribution in [2.24, 2.45) is 0 Å². The molecule has 0 radical (unpaired) electrons. The zero-order chi connectivity index (χ0) is 23.6. The highest BCUT2D eigenvalue weighted by atomic mass is 32.2. The number of nitrogens with zero attached hydrogens (tertiary/aromatic N) is 4. The van der Waals surface area contributed by atoms with Crippen LogP contribution in [0.5, 0.6) is 5.75 Å². The SMILES string of the molecule is CCCn1c(C(C)N2CCN(S(=O)(=O)c3ccc(OC)cc3)CC2)nc2ccccc2c1=O. The van der Waals surface area contributed by atoms with Gasteiger partial charge in [-0.2, -0.15) is 4.31 Å². The number of benzene rings is 2. The van der Waals surface area contributed by atoms with E-state index in [0.29, 0.717) is 49.4 Å². The van der Waals surface area contributed by atoms with E-state index in [1.54, 1.807) is 35.9 Å². The van der Waals surface area contributed by atoms with Gasteiger partial charge in [-0.1, -0.05) is 19.1 Å². The number of sulfonamides is 1. The first-order chi connectivity index (χ1) is 15.9. The molecule has 0 bridgehead atoms. The summed E-state index contributed by atoms with van der Waals surface area (Å²) < 4.78 is 34.6. The van der Waals surface area contributed by atoms with E-state index in [-0.39, 0.29) is 16.5 Å². The number of para-hydroxylation sites is 1. The van der Waals surface area contributed by atoms with Crippen molar-refractivity contribution in [3.8, 4) is 5.75 Å². The molecule has 0 amide bonds. The Hall–Kier alpha value is -2.75. The van der Waals surface area contributed by atoms with Crippen LogP contribution >= 0.6 is 0 Å². The average molecular weight is 471 g/mol. The van der Waals surface area contributed by atoms with E-state index >= 15 is 0 Å². The van der Waals surface area contributed by atoms with Gasteiger partial charge in [-0.25, -0.2) is 13.4 Å². The van der Waals surface area contributed by atoms with Crippen molar-refractivity contribution in [3.63, 3.8) is 0 Å². The molecule has 1 fully saturated rings. The van der Waals surface area contributed by atoms with Crippen LogP contribution in [0.15, 0.2) is 58.2 Å². The fraction of sp³-hybridized carbons (Fsp3) is 0.417. The topological polar surface area (TPSA) is 84.7 Å². The van der Waals surface area contributed by atoms with Crippen LogP contribution in [-0.2, 0) is 16.6 Å². The maximum atomic E-state index is 13.1. The van der Waals surface area contributed by atoms with Crippen molar-refractivity contribution in [1.82, 2.24) is 18.8 Å². The number of hydrogen-bond acceptors (Lipinski definition) is 6. The van der Waals surface area contributed by atoms with Crippen molar-refractivity contribution in [3.05, 3.63) is 64.7 Å². The second kappa shape index (κ2) is 9.62. The number of hydrogen-bond donors (Lipinski definition) is 0. The van der Waals surface area contributed by atoms with Gasteiger partial charge < -0.3 is 4.74 Å². The number of methoxy groups -OCH3 is 1. The summed E-state index contributed by atoms with van der Waals surface area (Å²) in [4.78, 5) is 20.4. The lowest BCUT2D eigenvalue weighted by molar-refractivity contribution is 0.138. The van der Waals surface area contributed by atoms with Gasteiger partial charge in [0.25, 0.3) is 5.56 Å². The first-order valence-corrected chi connectivity index (χ1v) is 12.7. The summed E-state index contributed by atoms with van der Waals surface area (Å²) in [6.45, 7) is 6.56. The van der Waals surface area contributed by atoms with E-state index in [4.69, 9.17) is 9.72 Å². The van der Waals surface area contributed by atoms with Crippen LogP contribution in [0.1, 0.15) is 32.1 Å². The van der Waals surface area contributed by atoms with Crippen LogP contribution in [0.3, 0.4) is 0 Å². The number of ether oxygens (including phenoxy) is 1. The average Bonchev–Trinajstić information content (AvgIpc) is 2.85. The first-order valence-electron chi connectivity index (χ1n) is 11.2. The summed E-state index contributed by atoms with van der Waals surface area (Å²) >= 11 is 0. The molecule has 4 rings (SSSR count). The Balaban J connectivity index is 1.55. The van der Waals surface area contributed by atoms with E-state index in [1.165, 1.54) is 4.31 Å². The lowest BCUT2D eigenvalue weighted by Gasteiger charge is -2.37. The number of rotatable bonds is 7. The highest BCUT2D eigenvalue weighted by Crippen LogP contribution is 2.25. The molecule has 0 aliphatic carbocycles. The largest absolute Gasteiger partial charge is 0.497 e. The molecule has 0 spiro atoms. The van der Waals surface area contributed by atoms with Crippen LogP contribution in [0.25, 0.3) is 10.9 Å². The minimum atomic E-state index is -3.57. The molecular weight excluding hydrogens is 440 g/mol. The van der Waals surface area contributed by atoms with Crippen LogP contribution in [0.2, 0.25) is 0 Å². The molecule has 1 saturated heterocycles. The van der Waals surface area contributed by atoms with Gasteiger partial charge in [0.15, 0.2) is 0 Å². The van der Waals surface area contributed by atoms with Gasteiger partial charge in [0.2, 0.25) is 10.0 Å². The van der Waals surface area contributed by atoms with Crippen molar-refractivity contribution >= 4 is 20.9 Å². The van der Waals surface area contributed by atoms with E-state index in [1.807, 2.05) is 38.1 Å². The highest BCUT2D eigenvalue weighted by Gasteiger charge is 2.31. The standard InChI is InChI=1S/C24H30N4O4S/c1-4-13-28-23(25-22-8-6-5-7-21(22)24(28)29)18(2)26-14-16-27(17-15-26)33(30,31)20-11-9-19(32-3)10-12-20/h5-12,18H,4,13-17H2,1-3H3. The maximum Gasteiger partial charge on any atom is 0.261 e. The molecule has 1 aliphatic rings. The van der Waals surface area contributed by atoms with Gasteiger partial charge in [-0.15, -0.1) is 0 Å². The lowest BCUT2D eigenvalue weighted by atomic mass is 10.2. The van der Waals surface area contributed by atoms with Gasteiger partial charge in [0.1, 0.15) is 11.6 Å². The quantitative estimate of drug-likeness (QED) is 0.528. The van der Waals surface area contributed by atoms with Crippen molar-refractivity contribution in [1.29, 1.82) is 0 Å². The number of aromatic nitrogens is 2. The third-order valence-corrected chi connectivity index (χ3v) is 8.14. The summed E-state index contributed by atoms with van der Waals surface area (Å²) in [5.41, 5.74) is 0.669.